The van der Waals surface area contributed by atoms with Gasteiger partial charge in [-0.3, -0.25) is 5.32 Å². The van der Waals surface area contributed by atoms with Crippen LogP contribution in [0.1, 0.15) is 0 Å². The van der Waals surface area contributed by atoms with E-state index in [0.717, 1.165) is 0 Å². The predicted molar refractivity (Wildman–Crippen MR) is 85.6 cm³/mol. The van der Waals surface area contributed by atoms with Crippen LogP contribution in [0.25, 0.3) is 0 Å². The Kier molecular flexibility index (Phi) is 4.73. The Labute approximate surface area is 133 Å². The molecule has 1 fully saturated rings. The molecule has 1 unspecified atom stereocenters. The first-order chi connectivity index (χ1) is 11.2. The monoisotopic (exact) mass is 316 g/mol. The van der Waals surface area contributed by atoms with E-state index in [0.29, 0.717) is 30.3 Å². The molecule has 3 rings (SSSR count). The van der Waals surface area contributed by atoms with Gasteiger partial charge in [-0.2, -0.15) is 0 Å². The maximum absolute atomic E-state index is 14.1. The minimum absolute atomic E-state index is 0.0167. The summed E-state index contributed by atoms with van der Waals surface area (Å²) in [6.07, 6.45) is -1.86. The van der Waals surface area contributed by atoms with Crippen LogP contribution in [-0.4, -0.2) is 32.1 Å². The van der Waals surface area contributed by atoms with Crippen molar-refractivity contribution < 1.29 is 18.7 Å². The van der Waals surface area contributed by atoms with Gasteiger partial charge in [0.2, 0.25) is 0 Å². The molecule has 5 nitrogen and oxygen atoms in total. The molecule has 2 aromatic carbocycles. The molecule has 120 valence electrons. The molecule has 6 heteroatoms. The first kappa shape index (κ1) is 15.3. The fourth-order valence-corrected chi connectivity index (χ4v) is 2.41. The number of benzene rings is 2. The number of ether oxygens (including phenoxy) is 2. The second-order valence-corrected chi connectivity index (χ2v) is 5.05. The topological polar surface area (TPSA) is 50.8 Å². The van der Waals surface area contributed by atoms with Gasteiger partial charge in [0.25, 0.3) is 0 Å². The SMILES string of the molecule is O=C(Nc1ccccc1N1CCOCC1F)Oc1ccccc1. The lowest BCUT2D eigenvalue weighted by Gasteiger charge is -2.33. The Hall–Kier alpha value is -2.60. The van der Waals surface area contributed by atoms with Crippen LogP contribution >= 0.6 is 0 Å². The molecule has 1 saturated heterocycles. The van der Waals surface area contributed by atoms with Gasteiger partial charge in [0.05, 0.1) is 24.6 Å². The number of hydrogen-bond acceptors (Lipinski definition) is 4. The van der Waals surface area contributed by atoms with Gasteiger partial charge in [0.15, 0.2) is 6.30 Å². The van der Waals surface area contributed by atoms with Crippen molar-refractivity contribution in [1.29, 1.82) is 0 Å². The maximum Gasteiger partial charge on any atom is 0.417 e. The van der Waals surface area contributed by atoms with E-state index in [9.17, 15) is 9.18 Å². The first-order valence-corrected chi connectivity index (χ1v) is 7.35. The number of para-hydroxylation sites is 3. The molecule has 1 aliphatic heterocycles. The van der Waals surface area contributed by atoms with E-state index >= 15 is 0 Å². The fourth-order valence-electron chi connectivity index (χ4n) is 2.41. The van der Waals surface area contributed by atoms with E-state index < -0.39 is 12.4 Å². The van der Waals surface area contributed by atoms with E-state index in [4.69, 9.17) is 9.47 Å². The van der Waals surface area contributed by atoms with Crippen LogP contribution in [0, 0.1) is 0 Å². The van der Waals surface area contributed by atoms with Crippen LogP contribution in [0.2, 0.25) is 0 Å². The van der Waals surface area contributed by atoms with Crippen molar-refractivity contribution >= 4 is 17.5 Å². The highest BCUT2D eigenvalue weighted by atomic mass is 19.1. The Morgan fingerprint density at radius 1 is 1.17 bits per heavy atom. The molecule has 2 aromatic rings. The van der Waals surface area contributed by atoms with E-state index in [1.54, 1.807) is 53.4 Å². The number of anilines is 2. The van der Waals surface area contributed by atoms with Gasteiger partial charge in [-0.1, -0.05) is 30.3 Å². The number of nitrogens with one attached hydrogen (secondary N) is 1. The van der Waals surface area contributed by atoms with Crippen molar-refractivity contribution in [2.24, 2.45) is 0 Å². The number of morpholine rings is 1. The van der Waals surface area contributed by atoms with Crippen molar-refractivity contribution in [2.45, 2.75) is 6.30 Å². The molecule has 1 atom stereocenters. The summed E-state index contributed by atoms with van der Waals surface area (Å²) in [5.74, 6) is 0.442. The molecule has 0 bridgehead atoms. The first-order valence-electron chi connectivity index (χ1n) is 7.35. The van der Waals surface area contributed by atoms with Crippen molar-refractivity contribution in [1.82, 2.24) is 0 Å². The third-order valence-corrected chi connectivity index (χ3v) is 3.47. The Morgan fingerprint density at radius 2 is 1.91 bits per heavy atom. The number of rotatable bonds is 3. The third kappa shape index (κ3) is 3.78. The lowest BCUT2D eigenvalue weighted by atomic mass is 10.2. The smallest absolute Gasteiger partial charge is 0.410 e. The number of amides is 1. The lowest BCUT2D eigenvalue weighted by molar-refractivity contribution is 0.0497. The van der Waals surface area contributed by atoms with E-state index in [-0.39, 0.29) is 6.61 Å². The van der Waals surface area contributed by atoms with Gasteiger partial charge in [-0.05, 0) is 24.3 Å². The summed E-state index contributed by atoms with van der Waals surface area (Å²) < 4.78 is 24.4. The zero-order chi connectivity index (χ0) is 16.1. The highest BCUT2D eigenvalue weighted by Crippen LogP contribution is 2.29. The molecular weight excluding hydrogens is 299 g/mol. The molecule has 1 N–H and O–H groups in total. The van der Waals surface area contributed by atoms with Crippen LogP contribution in [0.5, 0.6) is 5.75 Å². The minimum atomic E-state index is -1.24. The maximum atomic E-state index is 14.1. The van der Waals surface area contributed by atoms with Gasteiger partial charge < -0.3 is 14.4 Å². The summed E-state index contributed by atoms with van der Waals surface area (Å²) in [7, 11) is 0. The lowest BCUT2D eigenvalue weighted by Crippen LogP contribution is -2.43. The fraction of sp³-hybridized carbons (Fsp3) is 0.235. The molecule has 1 aliphatic rings. The van der Waals surface area contributed by atoms with Crippen molar-refractivity contribution in [3.63, 3.8) is 0 Å². The molecule has 0 aromatic heterocycles. The van der Waals surface area contributed by atoms with Gasteiger partial charge in [-0.25, -0.2) is 9.18 Å². The summed E-state index contributed by atoms with van der Waals surface area (Å²) >= 11 is 0. The number of nitrogens with zero attached hydrogens (tertiary/aromatic N) is 1. The predicted octanol–water partition coefficient (Wildman–Crippen LogP) is 3.43. The zero-order valence-corrected chi connectivity index (χ0v) is 12.4. The van der Waals surface area contributed by atoms with E-state index in [1.165, 1.54) is 0 Å². The molecule has 0 spiro atoms. The van der Waals surface area contributed by atoms with Crippen molar-refractivity contribution in [3.05, 3.63) is 54.6 Å². The number of halogens is 1. The van der Waals surface area contributed by atoms with Crippen LogP contribution in [-0.2, 0) is 4.74 Å². The Balaban J connectivity index is 1.74. The van der Waals surface area contributed by atoms with Crippen LogP contribution in [0.4, 0.5) is 20.6 Å². The molecular formula is C17H17FN2O3. The van der Waals surface area contributed by atoms with Gasteiger partial charge in [0.1, 0.15) is 5.75 Å². The summed E-state index contributed by atoms with van der Waals surface area (Å²) in [6.45, 7) is 0.888. The Morgan fingerprint density at radius 3 is 2.70 bits per heavy atom. The van der Waals surface area contributed by atoms with Gasteiger partial charge in [0, 0.05) is 6.54 Å². The largest absolute Gasteiger partial charge is 0.417 e. The normalized spacial score (nSPS) is 17.6. The third-order valence-electron chi connectivity index (χ3n) is 3.47. The van der Waals surface area contributed by atoms with Crippen molar-refractivity contribution in [3.8, 4) is 5.75 Å². The highest BCUT2D eigenvalue weighted by Gasteiger charge is 2.24. The Bertz CT molecular complexity index is 666. The quantitative estimate of drug-likeness (QED) is 0.882. The molecule has 1 heterocycles. The molecule has 0 aliphatic carbocycles. The summed E-state index contributed by atoms with van der Waals surface area (Å²) in [4.78, 5) is 13.6. The molecule has 0 radical (unpaired) electrons. The summed E-state index contributed by atoms with van der Waals surface area (Å²) in [5.41, 5.74) is 1.10. The van der Waals surface area contributed by atoms with Crippen LogP contribution < -0.4 is 15.0 Å². The molecule has 23 heavy (non-hydrogen) atoms. The van der Waals surface area contributed by atoms with Gasteiger partial charge in [-0.15, -0.1) is 0 Å². The zero-order valence-electron chi connectivity index (χ0n) is 12.4. The van der Waals surface area contributed by atoms with Crippen LogP contribution in [0.3, 0.4) is 0 Å². The highest BCUT2D eigenvalue weighted by molar-refractivity contribution is 5.91. The molecule has 0 saturated carbocycles. The second-order valence-electron chi connectivity index (χ2n) is 5.05. The van der Waals surface area contributed by atoms with E-state index in [2.05, 4.69) is 5.32 Å². The number of carbonyl (C=O) groups is 1. The number of alkyl halides is 1. The standard InChI is InChI=1S/C17H17FN2O3/c18-16-12-22-11-10-20(16)15-9-5-4-8-14(15)19-17(21)23-13-6-2-1-3-7-13/h1-9,16H,10-12H2,(H,19,21). The second kappa shape index (κ2) is 7.11. The minimum Gasteiger partial charge on any atom is -0.410 e. The number of carbonyl (C=O) groups excluding carboxylic acids is 1. The van der Waals surface area contributed by atoms with Crippen LogP contribution in [0.15, 0.2) is 54.6 Å². The summed E-state index contributed by atoms with van der Waals surface area (Å²) in [5, 5.41) is 2.67. The van der Waals surface area contributed by atoms with Gasteiger partial charge >= 0.3 is 6.09 Å². The molecule has 1 amide bonds. The summed E-state index contributed by atoms with van der Waals surface area (Å²) in [6, 6.07) is 15.8. The average molecular weight is 316 g/mol. The van der Waals surface area contributed by atoms with E-state index in [1.807, 2.05) is 6.07 Å². The van der Waals surface area contributed by atoms with Crippen molar-refractivity contribution in [2.75, 3.05) is 30.0 Å². The average Bonchev–Trinajstić information content (AvgIpc) is 2.57. The number of hydrogen-bond donors (Lipinski definition) is 1.